The minimum Gasteiger partial charge on any atom is -0.469 e. The molecule has 0 spiro atoms. The van der Waals surface area contributed by atoms with Crippen molar-refractivity contribution in [2.45, 2.75) is 38.5 Å². The summed E-state index contributed by atoms with van der Waals surface area (Å²) in [5, 5.41) is 0. The van der Waals surface area contributed by atoms with Crippen LogP contribution in [0.25, 0.3) is 39.5 Å². The van der Waals surface area contributed by atoms with E-state index in [0.717, 1.165) is 90.4 Å². The second-order valence-corrected chi connectivity index (χ2v) is 12.3. The predicted octanol–water partition coefficient (Wildman–Crippen LogP) is 6.42. The number of hydrogen-bond acceptors (Lipinski definition) is 7. The molecule has 1 aliphatic heterocycles. The lowest BCUT2D eigenvalue weighted by Crippen LogP contribution is -2.47. The molecule has 0 amide bonds. The fourth-order valence-electron chi connectivity index (χ4n) is 6.96. The highest BCUT2D eigenvalue weighted by molar-refractivity contribution is 5.85. The highest BCUT2D eigenvalue weighted by Gasteiger charge is 2.33. The summed E-state index contributed by atoms with van der Waals surface area (Å²) in [6, 6.07) is 25.1. The topological polar surface area (TPSA) is 99.2 Å². The Balaban J connectivity index is 1.14. The molecule has 0 unspecified atom stereocenters. The molecular weight excluding hydrogens is 548 g/mol. The minimum atomic E-state index is -0.0434. The number of aromatic nitrogens is 4. The largest absolute Gasteiger partial charge is 0.469 e. The maximum atomic E-state index is 11.9. The Labute approximate surface area is 257 Å². The lowest BCUT2D eigenvalue weighted by molar-refractivity contribution is -0.146. The highest BCUT2D eigenvalue weighted by atomic mass is 16.5. The molecule has 0 bridgehead atoms. The fourth-order valence-corrected chi connectivity index (χ4v) is 6.96. The lowest BCUT2D eigenvalue weighted by Gasteiger charge is -2.42. The van der Waals surface area contributed by atoms with Crippen molar-refractivity contribution in [3.8, 4) is 28.3 Å². The van der Waals surface area contributed by atoms with Crippen LogP contribution in [0.1, 0.15) is 42.7 Å². The number of esters is 1. The van der Waals surface area contributed by atoms with Crippen LogP contribution < -0.4 is 5.73 Å². The summed E-state index contributed by atoms with van der Waals surface area (Å²) >= 11 is 0. The van der Waals surface area contributed by atoms with Gasteiger partial charge in [0.1, 0.15) is 11.3 Å². The molecule has 44 heavy (non-hydrogen) atoms. The molecule has 8 nitrogen and oxygen atoms in total. The summed E-state index contributed by atoms with van der Waals surface area (Å²) in [4.78, 5) is 29.0. The number of ether oxygens (including phenoxy) is 1. The predicted molar refractivity (Wildman–Crippen MR) is 173 cm³/mol. The molecule has 1 saturated carbocycles. The van der Waals surface area contributed by atoms with Gasteiger partial charge in [0.15, 0.2) is 11.5 Å². The monoisotopic (exact) mass is 586 g/mol. The van der Waals surface area contributed by atoms with Crippen LogP contribution in [-0.4, -0.2) is 57.1 Å². The molecule has 4 heterocycles. The molecule has 2 N–H and O–H groups in total. The van der Waals surface area contributed by atoms with Crippen molar-refractivity contribution in [1.82, 2.24) is 24.4 Å². The Bertz CT molecular complexity index is 1790. The zero-order valence-electron chi connectivity index (χ0n) is 25.3. The number of likely N-dealkylation sites (tertiary alicyclic amines) is 1. The first-order valence-corrected chi connectivity index (χ1v) is 15.6. The summed E-state index contributed by atoms with van der Waals surface area (Å²) in [6.07, 6.45) is 5.82. The molecule has 2 aliphatic rings. The third-order valence-corrected chi connectivity index (χ3v) is 9.43. The Kier molecular flexibility index (Phi) is 7.60. The van der Waals surface area contributed by atoms with Crippen molar-refractivity contribution in [3.05, 3.63) is 90.1 Å². The molecule has 224 valence electrons. The van der Waals surface area contributed by atoms with Crippen molar-refractivity contribution >= 4 is 23.0 Å². The van der Waals surface area contributed by atoms with E-state index in [1.54, 1.807) is 6.20 Å². The maximum Gasteiger partial charge on any atom is 0.308 e. The number of rotatable bonds is 7. The van der Waals surface area contributed by atoms with Crippen LogP contribution in [-0.2, 0) is 9.53 Å². The van der Waals surface area contributed by atoms with Crippen molar-refractivity contribution < 1.29 is 9.53 Å². The molecule has 2 fully saturated rings. The first kappa shape index (κ1) is 28.2. The molecule has 8 heteroatoms. The first-order valence-electron chi connectivity index (χ1n) is 15.6. The fraction of sp³-hybridized carbons (Fsp3) is 0.333. The number of imidazole rings is 1. The number of benzene rings is 2. The van der Waals surface area contributed by atoms with E-state index in [0.29, 0.717) is 17.7 Å². The smallest absolute Gasteiger partial charge is 0.308 e. The normalized spacial score (nSPS) is 19.1. The number of carbonyl (C=O) groups excluding carboxylic acids is 1. The van der Waals surface area contributed by atoms with Gasteiger partial charge in [-0.3, -0.25) is 9.36 Å². The number of nitrogens with zero attached hydrogens (tertiary/aromatic N) is 5. The van der Waals surface area contributed by atoms with Gasteiger partial charge in [-0.2, -0.15) is 0 Å². The average Bonchev–Trinajstić information content (AvgIpc) is 3.40. The Morgan fingerprint density at radius 3 is 2.41 bits per heavy atom. The summed E-state index contributed by atoms with van der Waals surface area (Å²) in [6.45, 7) is 5.34. The Morgan fingerprint density at radius 2 is 1.70 bits per heavy atom. The van der Waals surface area contributed by atoms with Crippen molar-refractivity contribution in [3.63, 3.8) is 0 Å². The summed E-state index contributed by atoms with van der Waals surface area (Å²) in [7, 11) is 1.49. The zero-order valence-corrected chi connectivity index (χ0v) is 25.3. The van der Waals surface area contributed by atoms with E-state index < -0.39 is 0 Å². The van der Waals surface area contributed by atoms with E-state index in [2.05, 4.69) is 63.8 Å². The summed E-state index contributed by atoms with van der Waals surface area (Å²) < 4.78 is 7.06. The van der Waals surface area contributed by atoms with Crippen LogP contribution in [0.15, 0.2) is 79.0 Å². The molecule has 0 radical (unpaired) electrons. The molecular formula is C36H38N6O2. The van der Waals surface area contributed by atoms with Crippen molar-refractivity contribution in [2.24, 2.45) is 11.8 Å². The van der Waals surface area contributed by atoms with Gasteiger partial charge in [-0.05, 0) is 80.0 Å². The Morgan fingerprint density at radius 1 is 0.955 bits per heavy atom. The second-order valence-electron chi connectivity index (χ2n) is 12.3. The summed E-state index contributed by atoms with van der Waals surface area (Å²) in [5.41, 5.74) is 14.2. The second kappa shape index (κ2) is 11.8. The van der Waals surface area contributed by atoms with Gasteiger partial charge in [-0.1, -0.05) is 42.5 Å². The van der Waals surface area contributed by atoms with Crippen molar-refractivity contribution in [1.29, 1.82) is 0 Å². The standard InChI is InChI=1S/C36H38N6O2/c1-23-19-31-35(40-32(23)26-7-4-3-5-8-26)42(34(39-31)30-9-6-18-38-33(30)37)29-16-14-25(15-17-29)28-21-41(22-28)20-24-10-12-27(13-11-24)36(43)44-2/h3-9,14-19,24,27-28H,10-13,20-22H2,1-2H3,(H2,37,38)/t24-,27-. The van der Waals surface area contributed by atoms with Crippen LogP contribution in [0.3, 0.4) is 0 Å². The number of nitrogens with two attached hydrogens (primary N) is 1. The maximum absolute atomic E-state index is 11.9. The van der Waals surface area contributed by atoms with Crippen LogP contribution in [0.2, 0.25) is 0 Å². The Hall–Kier alpha value is -4.56. The first-order chi connectivity index (χ1) is 21.5. The van der Waals surface area contributed by atoms with Gasteiger partial charge < -0.3 is 15.4 Å². The molecule has 3 aromatic heterocycles. The SMILES string of the molecule is COC(=O)[C@H]1CC[C@H](CN2CC(c3ccc(-n4c(-c5cccnc5N)nc5cc(C)c(-c6ccccc6)nc54)cc3)C2)CC1. The molecule has 1 aliphatic carbocycles. The minimum absolute atomic E-state index is 0.0434. The number of pyridine rings is 2. The van der Waals surface area contributed by atoms with E-state index in [9.17, 15) is 4.79 Å². The number of methoxy groups -OCH3 is 1. The molecule has 1 saturated heterocycles. The number of hydrogen-bond donors (Lipinski definition) is 1. The van der Waals surface area contributed by atoms with Crippen molar-refractivity contribution in [2.75, 3.05) is 32.5 Å². The van der Waals surface area contributed by atoms with Crippen LogP contribution in [0, 0.1) is 18.8 Å². The lowest BCUT2D eigenvalue weighted by atomic mass is 9.80. The van der Waals surface area contributed by atoms with Gasteiger partial charge in [0.25, 0.3) is 0 Å². The van der Waals surface area contributed by atoms with E-state index in [-0.39, 0.29) is 11.9 Å². The van der Waals surface area contributed by atoms with Gasteiger partial charge in [0.05, 0.1) is 24.3 Å². The van der Waals surface area contributed by atoms with E-state index >= 15 is 0 Å². The van der Waals surface area contributed by atoms with Crippen LogP contribution >= 0.6 is 0 Å². The number of anilines is 1. The third-order valence-electron chi connectivity index (χ3n) is 9.43. The van der Waals surface area contributed by atoms with E-state index in [1.807, 2.05) is 30.3 Å². The average molecular weight is 587 g/mol. The number of aryl methyl sites for hydroxylation is 1. The third kappa shape index (κ3) is 5.35. The van der Waals surface area contributed by atoms with E-state index in [1.165, 1.54) is 12.7 Å². The van der Waals surface area contributed by atoms with E-state index in [4.69, 9.17) is 20.4 Å². The quantitative estimate of drug-likeness (QED) is 0.220. The highest BCUT2D eigenvalue weighted by Crippen LogP contribution is 2.36. The molecule has 0 atom stereocenters. The number of carbonyl (C=O) groups is 1. The summed E-state index contributed by atoms with van der Waals surface area (Å²) in [5.74, 6) is 2.41. The number of nitrogen functional groups attached to an aromatic ring is 1. The molecule has 5 aromatic rings. The molecule has 7 rings (SSSR count). The van der Waals surface area contributed by atoms with Crippen LogP contribution in [0.4, 0.5) is 5.82 Å². The van der Waals surface area contributed by atoms with Gasteiger partial charge in [0, 0.05) is 43.0 Å². The molecule has 2 aromatic carbocycles. The van der Waals surface area contributed by atoms with Gasteiger partial charge >= 0.3 is 5.97 Å². The zero-order chi connectivity index (χ0) is 30.2. The van der Waals surface area contributed by atoms with Gasteiger partial charge in [0.2, 0.25) is 0 Å². The van der Waals surface area contributed by atoms with Gasteiger partial charge in [-0.15, -0.1) is 0 Å². The van der Waals surface area contributed by atoms with Gasteiger partial charge in [-0.25, -0.2) is 15.0 Å². The number of fused-ring (bicyclic) bond motifs is 1. The van der Waals surface area contributed by atoms with Crippen LogP contribution in [0.5, 0.6) is 0 Å².